The number of nitrogens with one attached hydrogen (secondary N) is 1. The van der Waals surface area contributed by atoms with Crippen LogP contribution in [0.15, 0.2) is 24.3 Å². The maximum absolute atomic E-state index is 9.10. The van der Waals surface area contributed by atoms with Gasteiger partial charge in [0.15, 0.2) is 0 Å². The molecule has 0 aromatic heterocycles. The molecule has 0 saturated heterocycles. The Morgan fingerprint density at radius 1 is 1.20 bits per heavy atom. The van der Waals surface area contributed by atoms with Gasteiger partial charge in [-0.25, -0.2) is 0 Å². The van der Waals surface area contributed by atoms with Gasteiger partial charge in [-0.3, -0.25) is 0 Å². The summed E-state index contributed by atoms with van der Waals surface area (Å²) in [6, 6.07) is 7.73. The summed E-state index contributed by atoms with van der Waals surface area (Å²) in [6.45, 7) is 6.31. The summed E-state index contributed by atoms with van der Waals surface area (Å²) in [4.78, 5) is 0. The zero-order valence-corrected chi connectivity index (χ0v) is 9.53. The molecular formula is C12H19NO2. The summed E-state index contributed by atoms with van der Waals surface area (Å²) in [6.07, 6.45) is -0.141. The molecule has 2 N–H and O–H groups in total. The zero-order valence-electron chi connectivity index (χ0n) is 9.53. The third-order valence-electron chi connectivity index (χ3n) is 1.83. The molecule has 0 aliphatic heterocycles. The molecule has 0 fully saturated rings. The van der Waals surface area contributed by atoms with Crippen molar-refractivity contribution in [2.24, 2.45) is 0 Å². The third-order valence-corrected chi connectivity index (χ3v) is 1.83. The highest BCUT2D eigenvalue weighted by Gasteiger charge is 1.98. The highest BCUT2D eigenvalue weighted by atomic mass is 16.5. The number of ether oxygens (including phenoxy) is 1. The van der Waals surface area contributed by atoms with E-state index in [2.05, 4.69) is 5.32 Å². The SMILES string of the molecule is CC(O)CNc1ccc(OC(C)C)cc1. The fourth-order valence-electron chi connectivity index (χ4n) is 1.19. The minimum absolute atomic E-state index is 0.196. The van der Waals surface area contributed by atoms with Crippen molar-refractivity contribution in [1.29, 1.82) is 0 Å². The molecule has 0 aliphatic rings. The Morgan fingerprint density at radius 2 is 1.80 bits per heavy atom. The molecule has 0 aliphatic carbocycles. The molecule has 3 nitrogen and oxygen atoms in total. The first kappa shape index (κ1) is 11.9. The molecule has 15 heavy (non-hydrogen) atoms. The summed E-state index contributed by atoms with van der Waals surface area (Å²) in [5.74, 6) is 0.868. The van der Waals surface area contributed by atoms with E-state index in [1.54, 1.807) is 6.92 Å². The van der Waals surface area contributed by atoms with Crippen LogP contribution >= 0.6 is 0 Å². The van der Waals surface area contributed by atoms with Crippen LogP contribution in [0.1, 0.15) is 20.8 Å². The number of anilines is 1. The van der Waals surface area contributed by atoms with Gasteiger partial charge in [-0.1, -0.05) is 0 Å². The van der Waals surface area contributed by atoms with Crippen molar-refractivity contribution < 1.29 is 9.84 Å². The summed E-state index contributed by atoms with van der Waals surface area (Å²) in [5, 5.41) is 12.2. The Kier molecular flexibility index (Phi) is 4.43. The molecule has 0 bridgehead atoms. The van der Waals surface area contributed by atoms with Crippen LogP contribution in [0.4, 0.5) is 5.69 Å². The molecule has 0 heterocycles. The predicted octanol–water partition coefficient (Wildman–Crippen LogP) is 2.27. The molecule has 1 unspecified atom stereocenters. The lowest BCUT2D eigenvalue weighted by Gasteiger charge is -2.11. The van der Waals surface area contributed by atoms with Crippen LogP contribution in [0.3, 0.4) is 0 Å². The van der Waals surface area contributed by atoms with Gasteiger partial charge in [0.25, 0.3) is 0 Å². The molecule has 1 atom stereocenters. The van der Waals surface area contributed by atoms with Crippen LogP contribution in [0.2, 0.25) is 0 Å². The molecule has 1 aromatic carbocycles. The molecule has 84 valence electrons. The first-order valence-corrected chi connectivity index (χ1v) is 5.26. The van der Waals surface area contributed by atoms with Crippen LogP contribution in [0, 0.1) is 0 Å². The molecule has 1 aromatic rings. The van der Waals surface area contributed by atoms with E-state index in [0.29, 0.717) is 6.54 Å². The first-order valence-electron chi connectivity index (χ1n) is 5.26. The monoisotopic (exact) mass is 209 g/mol. The van der Waals surface area contributed by atoms with E-state index in [-0.39, 0.29) is 12.2 Å². The highest BCUT2D eigenvalue weighted by molar-refractivity contribution is 5.46. The van der Waals surface area contributed by atoms with Crippen LogP contribution in [0.25, 0.3) is 0 Å². The Balaban J connectivity index is 2.49. The van der Waals surface area contributed by atoms with Crippen molar-refractivity contribution >= 4 is 5.69 Å². The van der Waals surface area contributed by atoms with Crippen LogP contribution < -0.4 is 10.1 Å². The Bertz CT molecular complexity index is 280. The molecule has 1 rings (SSSR count). The van der Waals surface area contributed by atoms with Crippen molar-refractivity contribution in [3.63, 3.8) is 0 Å². The van der Waals surface area contributed by atoms with Gasteiger partial charge < -0.3 is 15.2 Å². The molecule has 0 amide bonds. The van der Waals surface area contributed by atoms with E-state index < -0.39 is 0 Å². The molecule has 3 heteroatoms. The Hall–Kier alpha value is -1.22. The average molecular weight is 209 g/mol. The number of rotatable bonds is 5. The largest absolute Gasteiger partial charge is 0.491 e. The second-order valence-electron chi connectivity index (χ2n) is 3.92. The maximum Gasteiger partial charge on any atom is 0.119 e. The van der Waals surface area contributed by atoms with E-state index in [0.717, 1.165) is 11.4 Å². The van der Waals surface area contributed by atoms with Gasteiger partial charge >= 0.3 is 0 Å². The topological polar surface area (TPSA) is 41.5 Å². The van der Waals surface area contributed by atoms with Gasteiger partial charge in [0.1, 0.15) is 5.75 Å². The van der Waals surface area contributed by atoms with Gasteiger partial charge in [-0.05, 0) is 45.0 Å². The van der Waals surface area contributed by atoms with Crippen molar-refractivity contribution in [2.75, 3.05) is 11.9 Å². The third kappa shape index (κ3) is 4.70. The number of benzene rings is 1. The van der Waals surface area contributed by atoms with E-state index in [1.807, 2.05) is 38.1 Å². The van der Waals surface area contributed by atoms with Crippen molar-refractivity contribution in [3.8, 4) is 5.75 Å². The van der Waals surface area contributed by atoms with Crippen LogP contribution in [-0.2, 0) is 0 Å². The molecule has 0 saturated carbocycles. The summed E-state index contributed by atoms with van der Waals surface area (Å²) >= 11 is 0. The Labute approximate surface area is 91.1 Å². The Morgan fingerprint density at radius 3 is 2.27 bits per heavy atom. The highest BCUT2D eigenvalue weighted by Crippen LogP contribution is 2.16. The van der Waals surface area contributed by atoms with E-state index in [1.165, 1.54) is 0 Å². The lowest BCUT2D eigenvalue weighted by molar-refractivity contribution is 0.208. The van der Waals surface area contributed by atoms with E-state index >= 15 is 0 Å². The molecule has 0 spiro atoms. The number of aliphatic hydroxyl groups is 1. The maximum atomic E-state index is 9.10. The van der Waals surface area contributed by atoms with Gasteiger partial charge in [0.05, 0.1) is 12.2 Å². The fourth-order valence-corrected chi connectivity index (χ4v) is 1.19. The van der Waals surface area contributed by atoms with Gasteiger partial charge in [0.2, 0.25) is 0 Å². The lowest BCUT2D eigenvalue weighted by Crippen LogP contribution is -2.15. The van der Waals surface area contributed by atoms with Crippen LogP contribution in [0.5, 0.6) is 5.75 Å². The van der Waals surface area contributed by atoms with Crippen molar-refractivity contribution in [2.45, 2.75) is 33.0 Å². The predicted molar refractivity (Wildman–Crippen MR) is 62.4 cm³/mol. The summed E-state index contributed by atoms with van der Waals surface area (Å²) in [5.41, 5.74) is 0.993. The van der Waals surface area contributed by atoms with E-state index in [9.17, 15) is 0 Å². The minimum Gasteiger partial charge on any atom is -0.491 e. The average Bonchev–Trinajstić information content (AvgIpc) is 2.16. The quantitative estimate of drug-likeness (QED) is 0.781. The molecular weight excluding hydrogens is 190 g/mol. The van der Waals surface area contributed by atoms with Gasteiger partial charge in [-0.15, -0.1) is 0 Å². The smallest absolute Gasteiger partial charge is 0.119 e. The van der Waals surface area contributed by atoms with Crippen molar-refractivity contribution in [3.05, 3.63) is 24.3 Å². The van der Waals surface area contributed by atoms with Gasteiger partial charge in [-0.2, -0.15) is 0 Å². The number of hydrogen-bond acceptors (Lipinski definition) is 3. The summed E-state index contributed by atoms with van der Waals surface area (Å²) in [7, 11) is 0. The zero-order chi connectivity index (χ0) is 11.3. The van der Waals surface area contributed by atoms with Crippen molar-refractivity contribution in [1.82, 2.24) is 0 Å². The normalized spacial score (nSPS) is 12.6. The number of hydrogen-bond donors (Lipinski definition) is 2. The number of aliphatic hydroxyl groups excluding tert-OH is 1. The minimum atomic E-state index is -0.336. The second-order valence-corrected chi connectivity index (χ2v) is 3.92. The fraction of sp³-hybridized carbons (Fsp3) is 0.500. The second kappa shape index (κ2) is 5.61. The first-order chi connectivity index (χ1) is 7.08. The molecule has 0 radical (unpaired) electrons. The summed E-state index contributed by atoms with van der Waals surface area (Å²) < 4.78 is 5.52. The van der Waals surface area contributed by atoms with E-state index in [4.69, 9.17) is 9.84 Å². The lowest BCUT2D eigenvalue weighted by atomic mass is 10.3. The van der Waals surface area contributed by atoms with Gasteiger partial charge in [0, 0.05) is 12.2 Å². The standard InChI is InChI=1S/C12H19NO2/c1-9(2)15-12-6-4-11(5-7-12)13-8-10(3)14/h4-7,9-10,13-14H,8H2,1-3H3. The van der Waals surface area contributed by atoms with Crippen LogP contribution in [-0.4, -0.2) is 23.9 Å².